The van der Waals surface area contributed by atoms with Gasteiger partial charge in [-0.15, -0.1) is 0 Å². The van der Waals surface area contributed by atoms with Crippen LogP contribution < -0.4 is 10.1 Å². The number of nitrogens with zero attached hydrogens (tertiary/aromatic N) is 4. The van der Waals surface area contributed by atoms with Gasteiger partial charge in [0.2, 0.25) is 0 Å². The molecule has 0 radical (unpaired) electrons. The van der Waals surface area contributed by atoms with Crippen LogP contribution in [-0.2, 0) is 0 Å². The second-order valence-corrected chi connectivity index (χ2v) is 6.48. The predicted molar refractivity (Wildman–Crippen MR) is 105 cm³/mol. The lowest BCUT2D eigenvalue weighted by molar-refractivity contribution is 0.415. The molecule has 4 aromatic rings. The largest absolute Gasteiger partial charge is 0.497 e. The van der Waals surface area contributed by atoms with E-state index in [0.29, 0.717) is 22.8 Å². The summed E-state index contributed by atoms with van der Waals surface area (Å²) in [5, 5.41) is 11.4. The molecule has 8 heteroatoms. The molecule has 0 bridgehead atoms. The summed E-state index contributed by atoms with van der Waals surface area (Å²) in [7, 11) is 1.59. The first kappa shape index (κ1) is 17.8. The molecule has 0 amide bonds. The summed E-state index contributed by atoms with van der Waals surface area (Å²) in [5.41, 5.74) is 3.92. The maximum Gasteiger partial charge on any atom is 0.141 e. The summed E-state index contributed by atoms with van der Waals surface area (Å²) in [6.07, 6.45) is 2.68. The number of pyridine rings is 1. The molecule has 0 aliphatic rings. The molecule has 1 aromatic carbocycles. The van der Waals surface area contributed by atoms with Gasteiger partial charge >= 0.3 is 0 Å². The first-order valence-electron chi connectivity index (χ1n) is 8.78. The maximum absolute atomic E-state index is 13.4. The van der Waals surface area contributed by atoms with Crippen molar-refractivity contribution in [2.75, 3.05) is 12.4 Å². The third-order valence-corrected chi connectivity index (χ3v) is 4.50. The van der Waals surface area contributed by atoms with Crippen molar-refractivity contribution in [2.24, 2.45) is 0 Å². The zero-order valence-corrected chi connectivity index (χ0v) is 15.7. The number of aromatic nitrogens is 5. The Hall–Kier alpha value is -3.55. The quantitative estimate of drug-likeness (QED) is 0.545. The normalized spacial score (nSPS) is 12.1. The smallest absolute Gasteiger partial charge is 0.141 e. The number of hydrogen-bond donors (Lipinski definition) is 2. The molecule has 0 unspecified atom stereocenters. The van der Waals surface area contributed by atoms with Crippen molar-refractivity contribution in [3.63, 3.8) is 0 Å². The van der Waals surface area contributed by atoms with Gasteiger partial charge in [-0.25, -0.2) is 14.4 Å². The molecule has 28 heavy (non-hydrogen) atoms. The van der Waals surface area contributed by atoms with Crippen LogP contribution >= 0.6 is 0 Å². The fourth-order valence-electron chi connectivity index (χ4n) is 3.08. The number of ether oxygens (including phenoxy) is 1. The summed E-state index contributed by atoms with van der Waals surface area (Å²) in [6, 6.07) is 8.60. The van der Waals surface area contributed by atoms with Gasteiger partial charge in [-0.3, -0.25) is 10.1 Å². The number of H-pyrrole nitrogens is 1. The third-order valence-electron chi connectivity index (χ3n) is 4.50. The van der Waals surface area contributed by atoms with Gasteiger partial charge in [-0.1, -0.05) is 0 Å². The van der Waals surface area contributed by atoms with Crippen LogP contribution in [-0.4, -0.2) is 32.3 Å². The first-order valence-corrected chi connectivity index (χ1v) is 8.78. The van der Waals surface area contributed by atoms with Gasteiger partial charge in [0.1, 0.15) is 23.7 Å². The Balaban J connectivity index is 1.86. The van der Waals surface area contributed by atoms with Crippen molar-refractivity contribution in [3.05, 3.63) is 60.1 Å². The van der Waals surface area contributed by atoms with Gasteiger partial charge in [0.05, 0.1) is 47.3 Å². The minimum absolute atomic E-state index is 0.0598. The van der Waals surface area contributed by atoms with E-state index in [-0.39, 0.29) is 6.04 Å². The van der Waals surface area contributed by atoms with E-state index in [2.05, 4.69) is 30.5 Å². The Morgan fingerprint density at radius 3 is 2.68 bits per heavy atom. The van der Waals surface area contributed by atoms with E-state index in [4.69, 9.17) is 4.74 Å². The Bertz CT molecular complexity index is 1130. The van der Waals surface area contributed by atoms with E-state index in [0.717, 1.165) is 22.3 Å². The van der Waals surface area contributed by atoms with Crippen molar-refractivity contribution >= 4 is 16.7 Å². The molecule has 142 valence electrons. The Morgan fingerprint density at radius 1 is 1.14 bits per heavy atom. The van der Waals surface area contributed by atoms with Gasteiger partial charge in [-0.2, -0.15) is 5.10 Å². The van der Waals surface area contributed by atoms with Gasteiger partial charge in [0.25, 0.3) is 0 Å². The maximum atomic E-state index is 13.4. The summed E-state index contributed by atoms with van der Waals surface area (Å²) in [5.74, 6) is 0.887. The number of rotatable bonds is 5. The fraction of sp³-hybridized carbons (Fsp3) is 0.200. The fourth-order valence-corrected chi connectivity index (χ4v) is 3.08. The predicted octanol–water partition coefficient (Wildman–Crippen LogP) is 4.04. The molecular formula is C20H19FN6O. The van der Waals surface area contributed by atoms with Crippen LogP contribution in [0.2, 0.25) is 0 Å². The minimum atomic E-state index is -0.395. The molecular weight excluding hydrogens is 359 g/mol. The van der Waals surface area contributed by atoms with Gasteiger partial charge in [0.15, 0.2) is 0 Å². The molecule has 0 saturated carbocycles. The van der Waals surface area contributed by atoms with Gasteiger partial charge < -0.3 is 10.1 Å². The monoisotopic (exact) mass is 378 g/mol. The van der Waals surface area contributed by atoms with Crippen LogP contribution in [0.25, 0.3) is 22.2 Å². The number of halogens is 1. The van der Waals surface area contributed by atoms with Gasteiger partial charge in [0, 0.05) is 11.6 Å². The Morgan fingerprint density at radius 2 is 2.00 bits per heavy atom. The van der Waals surface area contributed by atoms with E-state index in [1.165, 1.54) is 18.6 Å². The lowest BCUT2D eigenvalue weighted by atomic mass is 10.0. The number of anilines is 1. The highest BCUT2D eigenvalue weighted by molar-refractivity contribution is 6.02. The van der Waals surface area contributed by atoms with E-state index >= 15 is 0 Å². The van der Waals surface area contributed by atoms with Crippen molar-refractivity contribution in [2.45, 2.75) is 19.9 Å². The van der Waals surface area contributed by atoms with Crippen molar-refractivity contribution in [3.8, 4) is 17.0 Å². The average Bonchev–Trinajstić information content (AvgIpc) is 3.14. The minimum Gasteiger partial charge on any atom is -0.497 e. The second-order valence-electron chi connectivity index (χ2n) is 6.48. The number of hydrogen-bond acceptors (Lipinski definition) is 6. The summed E-state index contributed by atoms with van der Waals surface area (Å²) in [6.45, 7) is 3.94. The van der Waals surface area contributed by atoms with Crippen molar-refractivity contribution < 1.29 is 9.13 Å². The van der Waals surface area contributed by atoms with Crippen LogP contribution in [0.1, 0.15) is 24.4 Å². The summed E-state index contributed by atoms with van der Waals surface area (Å²) >= 11 is 0. The molecule has 3 aromatic heterocycles. The van der Waals surface area contributed by atoms with Crippen LogP contribution in [0.15, 0.2) is 42.9 Å². The van der Waals surface area contributed by atoms with E-state index in [1.807, 2.05) is 32.0 Å². The average molecular weight is 378 g/mol. The number of aryl methyl sites for hydroxylation is 1. The number of nitrogens with one attached hydrogen (secondary N) is 2. The van der Waals surface area contributed by atoms with Gasteiger partial charge in [-0.05, 0) is 38.1 Å². The summed E-state index contributed by atoms with van der Waals surface area (Å²) < 4.78 is 18.8. The molecule has 0 saturated heterocycles. The Labute approximate surface area is 161 Å². The van der Waals surface area contributed by atoms with E-state index in [1.54, 1.807) is 13.2 Å². The standard InChI is InChI=1S/C20H19FN6O/c1-11-6-17(27-26-11)12(2)25-20-19-15(16-5-4-13(21)9-22-16)7-14(28-3)8-18(19)23-10-24-20/h4-10,12H,1-3H3,(H,26,27)(H,23,24,25)/t12-/m0/s1. The molecule has 4 rings (SSSR count). The van der Waals surface area contributed by atoms with Crippen LogP contribution in [0.5, 0.6) is 5.75 Å². The van der Waals surface area contributed by atoms with Crippen LogP contribution in [0, 0.1) is 12.7 Å². The highest BCUT2D eigenvalue weighted by atomic mass is 19.1. The highest BCUT2D eigenvalue weighted by Gasteiger charge is 2.17. The van der Waals surface area contributed by atoms with E-state index < -0.39 is 5.82 Å². The molecule has 2 N–H and O–H groups in total. The lowest BCUT2D eigenvalue weighted by Gasteiger charge is -2.17. The zero-order chi connectivity index (χ0) is 19.7. The second kappa shape index (κ2) is 7.22. The number of fused-ring (bicyclic) bond motifs is 1. The molecule has 1 atom stereocenters. The van der Waals surface area contributed by atoms with Crippen LogP contribution in [0.3, 0.4) is 0 Å². The molecule has 0 spiro atoms. The Kier molecular flexibility index (Phi) is 4.60. The number of methoxy groups -OCH3 is 1. The molecule has 0 fully saturated rings. The molecule has 0 aliphatic carbocycles. The topological polar surface area (TPSA) is 88.6 Å². The lowest BCUT2D eigenvalue weighted by Crippen LogP contribution is -2.09. The van der Waals surface area contributed by atoms with Crippen LogP contribution in [0.4, 0.5) is 10.2 Å². The third kappa shape index (κ3) is 3.36. The van der Waals surface area contributed by atoms with Crippen molar-refractivity contribution in [1.29, 1.82) is 0 Å². The number of benzene rings is 1. The van der Waals surface area contributed by atoms with E-state index in [9.17, 15) is 4.39 Å². The number of aromatic amines is 1. The SMILES string of the molecule is COc1cc(-c2ccc(F)cn2)c2c(N[C@@H](C)c3cc(C)n[nH]3)ncnc2c1. The van der Waals surface area contributed by atoms with Crippen molar-refractivity contribution in [1.82, 2.24) is 25.1 Å². The summed E-state index contributed by atoms with van der Waals surface area (Å²) in [4.78, 5) is 13.1. The molecule has 0 aliphatic heterocycles. The molecule has 7 nitrogen and oxygen atoms in total. The first-order chi connectivity index (χ1) is 13.5. The highest BCUT2D eigenvalue weighted by Crippen LogP contribution is 2.35. The molecule has 3 heterocycles. The zero-order valence-electron chi connectivity index (χ0n) is 15.7.